The van der Waals surface area contributed by atoms with E-state index in [0.29, 0.717) is 18.0 Å². The number of aromatic nitrogens is 1. The number of aryl methyl sites for hydroxylation is 1. The second kappa shape index (κ2) is 4.28. The predicted molar refractivity (Wildman–Crippen MR) is 67.1 cm³/mol. The summed E-state index contributed by atoms with van der Waals surface area (Å²) in [6, 6.07) is 5.62. The van der Waals surface area contributed by atoms with Gasteiger partial charge in [0.15, 0.2) is 0 Å². The van der Waals surface area contributed by atoms with E-state index in [1.54, 1.807) is 0 Å². The molecule has 3 N–H and O–H groups in total. The number of hydrogen-bond donors (Lipinski definition) is 2. The molecule has 16 heavy (non-hydrogen) atoms. The molecule has 84 valence electrons. The van der Waals surface area contributed by atoms with Crippen LogP contribution < -0.4 is 11.3 Å². The molecule has 0 aliphatic heterocycles. The van der Waals surface area contributed by atoms with Crippen molar-refractivity contribution in [3.8, 4) is 0 Å². The van der Waals surface area contributed by atoms with Gasteiger partial charge in [0.25, 0.3) is 5.56 Å². The van der Waals surface area contributed by atoms with Crippen molar-refractivity contribution in [3.05, 3.63) is 44.7 Å². The maximum Gasteiger partial charge on any atom is 0.251 e. The van der Waals surface area contributed by atoms with Crippen LogP contribution >= 0.6 is 11.6 Å². The molecule has 2 rings (SSSR count). The monoisotopic (exact) mass is 236 g/mol. The van der Waals surface area contributed by atoms with Gasteiger partial charge in [-0.05, 0) is 43.0 Å². The molecular weight excluding hydrogens is 224 g/mol. The summed E-state index contributed by atoms with van der Waals surface area (Å²) < 4.78 is 0. The molecule has 0 bridgehead atoms. The molecule has 0 radical (unpaired) electrons. The molecule has 4 heteroatoms. The number of halogens is 1. The Bertz CT molecular complexity index is 589. The zero-order valence-electron chi connectivity index (χ0n) is 9.01. The van der Waals surface area contributed by atoms with E-state index in [9.17, 15) is 4.79 Å². The first-order valence-electron chi connectivity index (χ1n) is 5.14. The van der Waals surface area contributed by atoms with Gasteiger partial charge in [-0.2, -0.15) is 0 Å². The van der Waals surface area contributed by atoms with Gasteiger partial charge in [-0.3, -0.25) is 4.79 Å². The SMILES string of the molecule is Cc1c(Cl)ccc2cc(CCN)c(=O)[nH]c12. The molecule has 0 amide bonds. The number of nitrogens with two attached hydrogens (primary N) is 1. The quantitative estimate of drug-likeness (QED) is 0.838. The fraction of sp³-hybridized carbons (Fsp3) is 0.250. The lowest BCUT2D eigenvalue weighted by Gasteiger charge is -2.06. The topological polar surface area (TPSA) is 58.9 Å². The summed E-state index contributed by atoms with van der Waals surface area (Å²) in [6.07, 6.45) is 0.590. The Balaban J connectivity index is 2.74. The van der Waals surface area contributed by atoms with Gasteiger partial charge in [-0.15, -0.1) is 0 Å². The molecule has 1 aromatic carbocycles. The lowest BCUT2D eigenvalue weighted by Crippen LogP contribution is -2.16. The molecule has 0 spiro atoms. The van der Waals surface area contributed by atoms with Crippen molar-refractivity contribution in [2.75, 3.05) is 6.54 Å². The Hall–Kier alpha value is -1.32. The van der Waals surface area contributed by atoms with Crippen LogP contribution in [-0.2, 0) is 6.42 Å². The fourth-order valence-electron chi connectivity index (χ4n) is 1.78. The Morgan fingerprint density at radius 3 is 2.88 bits per heavy atom. The van der Waals surface area contributed by atoms with Crippen LogP contribution in [0.4, 0.5) is 0 Å². The van der Waals surface area contributed by atoms with Crippen LogP contribution in [0, 0.1) is 6.92 Å². The average molecular weight is 237 g/mol. The molecule has 1 aromatic heterocycles. The van der Waals surface area contributed by atoms with Crippen molar-refractivity contribution >= 4 is 22.5 Å². The zero-order valence-corrected chi connectivity index (χ0v) is 9.77. The van der Waals surface area contributed by atoms with E-state index in [1.165, 1.54) is 0 Å². The standard InChI is InChI=1S/C12H13ClN2O/c1-7-10(13)3-2-8-6-9(4-5-14)12(16)15-11(7)8/h2-3,6H,4-5,14H2,1H3,(H,15,16). The van der Waals surface area contributed by atoms with E-state index in [0.717, 1.165) is 22.0 Å². The smallest absolute Gasteiger partial charge is 0.251 e. The summed E-state index contributed by atoms with van der Waals surface area (Å²) in [7, 11) is 0. The highest BCUT2D eigenvalue weighted by molar-refractivity contribution is 6.32. The van der Waals surface area contributed by atoms with E-state index in [4.69, 9.17) is 17.3 Å². The van der Waals surface area contributed by atoms with Crippen LogP contribution in [0.1, 0.15) is 11.1 Å². The molecule has 0 saturated heterocycles. The maximum atomic E-state index is 11.7. The summed E-state index contributed by atoms with van der Waals surface area (Å²) in [6.45, 7) is 2.37. The van der Waals surface area contributed by atoms with Crippen LogP contribution in [-0.4, -0.2) is 11.5 Å². The number of benzene rings is 1. The summed E-state index contributed by atoms with van der Waals surface area (Å²) in [4.78, 5) is 14.6. The number of H-pyrrole nitrogens is 1. The van der Waals surface area contributed by atoms with Crippen LogP contribution in [0.2, 0.25) is 5.02 Å². The molecule has 2 aromatic rings. The first-order chi connectivity index (χ1) is 7.63. The molecule has 0 atom stereocenters. The van der Waals surface area contributed by atoms with Crippen LogP contribution in [0.25, 0.3) is 10.9 Å². The Kier molecular flexibility index (Phi) is 2.99. The summed E-state index contributed by atoms with van der Waals surface area (Å²) in [5.74, 6) is 0. The van der Waals surface area contributed by atoms with Crippen molar-refractivity contribution in [1.29, 1.82) is 0 Å². The van der Waals surface area contributed by atoms with Crippen molar-refractivity contribution in [2.24, 2.45) is 5.73 Å². The van der Waals surface area contributed by atoms with Crippen molar-refractivity contribution in [3.63, 3.8) is 0 Å². The molecular formula is C12H13ClN2O. The maximum absolute atomic E-state index is 11.7. The van der Waals surface area contributed by atoms with Gasteiger partial charge in [0.05, 0.1) is 5.52 Å². The van der Waals surface area contributed by atoms with E-state index in [-0.39, 0.29) is 5.56 Å². The minimum atomic E-state index is -0.0803. The van der Waals surface area contributed by atoms with Gasteiger partial charge in [0.1, 0.15) is 0 Å². The van der Waals surface area contributed by atoms with Crippen LogP contribution in [0.15, 0.2) is 23.0 Å². The van der Waals surface area contributed by atoms with Gasteiger partial charge in [-0.1, -0.05) is 17.7 Å². The number of aromatic amines is 1. The van der Waals surface area contributed by atoms with Gasteiger partial charge in [0.2, 0.25) is 0 Å². The van der Waals surface area contributed by atoms with Gasteiger partial charge < -0.3 is 10.7 Å². The van der Waals surface area contributed by atoms with E-state index in [1.807, 2.05) is 25.1 Å². The largest absolute Gasteiger partial charge is 0.330 e. The molecule has 0 aliphatic rings. The second-order valence-corrected chi connectivity index (χ2v) is 4.21. The molecule has 0 fully saturated rings. The molecule has 3 nitrogen and oxygen atoms in total. The molecule has 0 aliphatic carbocycles. The van der Waals surface area contributed by atoms with Crippen LogP contribution in [0.3, 0.4) is 0 Å². The van der Waals surface area contributed by atoms with Gasteiger partial charge in [-0.25, -0.2) is 0 Å². The molecule has 1 heterocycles. The average Bonchev–Trinajstić information content (AvgIpc) is 2.26. The normalized spacial score (nSPS) is 10.9. The molecule has 0 unspecified atom stereocenters. The van der Waals surface area contributed by atoms with Crippen molar-refractivity contribution in [2.45, 2.75) is 13.3 Å². The summed E-state index contributed by atoms with van der Waals surface area (Å²) >= 11 is 6.00. The molecule has 0 saturated carbocycles. The third-order valence-electron chi connectivity index (χ3n) is 2.70. The van der Waals surface area contributed by atoms with Crippen molar-refractivity contribution < 1.29 is 0 Å². The van der Waals surface area contributed by atoms with Crippen LogP contribution in [0.5, 0.6) is 0 Å². The number of hydrogen-bond acceptors (Lipinski definition) is 2. The highest BCUT2D eigenvalue weighted by Gasteiger charge is 2.06. The zero-order chi connectivity index (χ0) is 11.7. The number of pyridine rings is 1. The first kappa shape index (κ1) is 11.2. The minimum Gasteiger partial charge on any atom is -0.330 e. The van der Waals surface area contributed by atoms with Gasteiger partial charge >= 0.3 is 0 Å². The third-order valence-corrected chi connectivity index (χ3v) is 3.11. The number of nitrogens with one attached hydrogen (secondary N) is 1. The Morgan fingerprint density at radius 1 is 1.44 bits per heavy atom. The van der Waals surface area contributed by atoms with E-state index >= 15 is 0 Å². The summed E-state index contributed by atoms with van der Waals surface area (Å²) in [5.41, 5.74) is 7.80. The Labute approximate surface area is 98.2 Å². The van der Waals surface area contributed by atoms with Gasteiger partial charge in [0, 0.05) is 10.6 Å². The highest BCUT2D eigenvalue weighted by Crippen LogP contribution is 2.23. The first-order valence-corrected chi connectivity index (χ1v) is 5.52. The number of rotatable bonds is 2. The highest BCUT2D eigenvalue weighted by atomic mass is 35.5. The number of fused-ring (bicyclic) bond motifs is 1. The van der Waals surface area contributed by atoms with Crippen molar-refractivity contribution in [1.82, 2.24) is 4.98 Å². The summed E-state index contributed by atoms with van der Waals surface area (Å²) in [5, 5.41) is 1.65. The lowest BCUT2D eigenvalue weighted by atomic mass is 10.1. The predicted octanol–water partition coefficient (Wildman–Crippen LogP) is 1.99. The van der Waals surface area contributed by atoms with E-state index < -0.39 is 0 Å². The van der Waals surface area contributed by atoms with E-state index in [2.05, 4.69) is 4.98 Å². The lowest BCUT2D eigenvalue weighted by molar-refractivity contribution is 0.948. The third kappa shape index (κ3) is 1.84. The minimum absolute atomic E-state index is 0.0803. The second-order valence-electron chi connectivity index (χ2n) is 3.80. The Morgan fingerprint density at radius 2 is 2.19 bits per heavy atom. The fourth-order valence-corrected chi connectivity index (χ4v) is 1.94.